The van der Waals surface area contributed by atoms with Crippen LogP contribution in [-0.2, 0) is 0 Å². The molecule has 4 rings (SSSR count). The van der Waals surface area contributed by atoms with E-state index in [0.29, 0.717) is 42.6 Å². The van der Waals surface area contributed by atoms with E-state index in [4.69, 9.17) is 16.3 Å². The lowest BCUT2D eigenvalue weighted by Crippen LogP contribution is -2.54. The molecule has 0 spiro atoms. The van der Waals surface area contributed by atoms with Crippen molar-refractivity contribution in [1.29, 1.82) is 0 Å². The van der Waals surface area contributed by atoms with Gasteiger partial charge in [0.25, 0.3) is 0 Å². The average Bonchev–Trinajstić information content (AvgIpc) is 3.02. The van der Waals surface area contributed by atoms with Crippen molar-refractivity contribution in [3.8, 4) is 5.88 Å². The molecule has 4 heterocycles. The molecular weight excluding hydrogens is 359 g/mol. The van der Waals surface area contributed by atoms with Crippen molar-refractivity contribution in [3.05, 3.63) is 35.4 Å². The minimum atomic E-state index is -0.702. The summed E-state index contributed by atoms with van der Waals surface area (Å²) in [6.45, 7) is 5.92. The van der Waals surface area contributed by atoms with Gasteiger partial charge in [0.1, 0.15) is 18.5 Å². The molecule has 1 saturated heterocycles. The Morgan fingerprint density at radius 1 is 1.54 bits per heavy atom. The second-order valence-electron chi connectivity index (χ2n) is 6.56. The van der Waals surface area contributed by atoms with Crippen LogP contribution in [0.2, 0.25) is 5.15 Å². The van der Waals surface area contributed by atoms with Gasteiger partial charge in [-0.25, -0.2) is 14.4 Å². The van der Waals surface area contributed by atoms with E-state index in [1.165, 1.54) is 0 Å². The van der Waals surface area contributed by atoms with E-state index in [1.54, 1.807) is 18.3 Å². The van der Waals surface area contributed by atoms with Gasteiger partial charge in [0.2, 0.25) is 5.88 Å². The molecule has 2 aromatic rings. The number of anilines is 2. The second-order valence-corrected chi connectivity index (χ2v) is 6.94. The van der Waals surface area contributed by atoms with Gasteiger partial charge in [-0.2, -0.15) is 0 Å². The van der Waals surface area contributed by atoms with E-state index >= 15 is 0 Å². The normalized spacial score (nSPS) is 23.8. The van der Waals surface area contributed by atoms with E-state index in [1.807, 2.05) is 11.8 Å². The van der Waals surface area contributed by atoms with Crippen molar-refractivity contribution in [2.45, 2.75) is 25.0 Å². The molecule has 136 valence electrons. The third-order valence-corrected chi connectivity index (χ3v) is 5.03. The van der Waals surface area contributed by atoms with Crippen LogP contribution in [0.5, 0.6) is 5.88 Å². The van der Waals surface area contributed by atoms with Crippen LogP contribution >= 0.6 is 11.6 Å². The third-order valence-electron chi connectivity index (χ3n) is 4.84. The molecule has 0 radical (unpaired) electrons. The first-order valence-corrected chi connectivity index (χ1v) is 8.66. The molecule has 1 N–H and O–H groups in total. The first kappa shape index (κ1) is 17.0. The van der Waals surface area contributed by atoms with Crippen molar-refractivity contribution < 1.29 is 9.13 Å². The topological polar surface area (TPSA) is 76.1 Å². The molecule has 0 bridgehead atoms. The van der Waals surface area contributed by atoms with E-state index < -0.39 is 12.2 Å². The minimum Gasteiger partial charge on any atom is -0.471 e. The second kappa shape index (κ2) is 6.35. The Morgan fingerprint density at radius 2 is 2.38 bits per heavy atom. The highest BCUT2D eigenvalue weighted by Crippen LogP contribution is 2.43. The molecule has 2 atom stereocenters. The lowest BCUT2D eigenvalue weighted by molar-refractivity contribution is 0.192. The van der Waals surface area contributed by atoms with Crippen LogP contribution in [0.3, 0.4) is 0 Å². The van der Waals surface area contributed by atoms with Gasteiger partial charge in [0, 0.05) is 19.0 Å². The van der Waals surface area contributed by atoms with Crippen molar-refractivity contribution in [2.75, 3.05) is 30.0 Å². The van der Waals surface area contributed by atoms with Crippen LogP contribution < -0.4 is 15.0 Å². The zero-order valence-electron chi connectivity index (χ0n) is 14.2. The maximum atomic E-state index is 14.1. The van der Waals surface area contributed by atoms with Crippen LogP contribution in [0.15, 0.2) is 18.8 Å². The van der Waals surface area contributed by atoms with E-state index in [0.717, 1.165) is 5.69 Å². The van der Waals surface area contributed by atoms with Crippen LogP contribution in [0.1, 0.15) is 17.8 Å². The number of halogens is 2. The van der Waals surface area contributed by atoms with Gasteiger partial charge in [-0.15, -0.1) is 10.2 Å². The predicted molar refractivity (Wildman–Crippen MR) is 97.5 cm³/mol. The minimum absolute atomic E-state index is 0.229. The number of alkyl halides is 1. The van der Waals surface area contributed by atoms with Gasteiger partial charge >= 0.3 is 0 Å². The Balaban J connectivity index is 1.61. The van der Waals surface area contributed by atoms with Crippen LogP contribution in [-0.4, -0.2) is 51.6 Å². The summed E-state index contributed by atoms with van der Waals surface area (Å²) in [5.74, 6) is 1.05. The summed E-state index contributed by atoms with van der Waals surface area (Å²) in [4.78, 5) is 10.7. The lowest BCUT2D eigenvalue weighted by atomic mass is 9.94. The first-order valence-electron chi connectivity index (χ1n) is 8.28. The molecule has 0 aromatic carbocycles. The fourth-order valence-corrected chi connectivity index (χ4v) is 3.71. The van der Waals surface area contributed by atoms with Crippen LogP contribution in [0.25, 0.3) is 6.08 Å². The number of fused-ring (bicyclic) bond motifs is 3. The van der Waals surface area contributed by atoms with Crippen molar-refractivity contribution in [1.82, 2.24) is 20.2 Å². The van der Waals surface area contributed by atoms with E-state index in [9.17, 15) is 4.39 Å². The number of nitrogens with one attached hydrogen (secondary N) is 1. The summed E-state index contributed by atoms with van der Waals surface area (Å²) in [6.07, 6.45) is 3.52. The number of aryl methyl sites for hydroxylation is 1. The highest BCUT2D eigenvalue weighted by molar-refractivity contribution is 6.29. The molecule has 26 heavy (non-hydrogen) atoms. The molecular formula is C17H18ClFN6O. The lowest BCUT2D eigenvalue weighted by Gasteiger charge is -2.42. The fourth-order valence-electron chi connectivity index (χ4n) is 3.57. The molecule has 0 saturated carbocycles. The summed E-state index contributed by atoms with van der Waals surface area (Å²) >= 11 is 5.99. The quantitative estimate of drug-likeness (QED) is 0.879. The molecule has 1 fully saturated rings. The highest BCUT2D eigenvalue weighted by Gasteiger charge is 2.50. The van der Waals surface area contributed by atoms with Gasteiger partial charge in [-0.3, -0.25) is 0 Å². The SMILES string of the molecule is C=Cc1cnc(O[C@H]2CN3c4cc(Cl)nnc4NC[C@@]3(CF)C2)c(C)n1. The number of aromatic nitrogens is 4. The van der Waals surface area contributed by atoms with Gasteiger partial charge in [0.15, 0.2) is 11.0 Å². The Bertz CT molecular complexity index is 865. The van der Waals surface area contributed by atoms with Crippen molar-refractivity contribution >= 4 is 29.2 Å². The summed E-state index contributed by atoms with van der Waals surface area (Å²) in [5, 5.41) is 11.3. The van der Waals surface area contributed by atoms with Gasteiger partial charge in [-0.1, -0.05) is 18.2 Å². The molecule has 2 aromatic heterocycles. The first-order chi connectivity index (χ1) is 12.5. The largest absolute Gasteiger partial charge is 0.471 e. The average molecular weight is 377 g/mol. The maximum Gasteiger partial charge on any atom is 0.235 e. The standard InChI is InChI=1S/C17H18ClFN6O/c1-3-11-6-20-16(10(2)22-11)26-12-5-17(8-19)9-21-15-13(25(17)7-12)4-14(18)23-24-15/h3-4,6,12H,1,5,7-9H2,2H3,(H,21,24)/t12-,17+/m1/s1. The maximum absolute atomic E-state index is 14.1. The Labute approximate surface area is 155 Å². The monoisotopic (exact) mass is 376 g/mol. The van der Waals surface area contributed by atoms with E-state index in [2.05, 4.69) is 32.1 Å². The summed E-state index contributed by atoms with van der Waals surface area (Å²) in [6, 6.07) is 1.70. The van der Waals surface area contributed by atoms with Gasteiger partial charge < -0.3 is 15.0 Å². The predicted octanol–water partition coefficient (Wildman–Crippen LogP) is 2.66. The summed E-state index contributed by atoms with van der Waals surface area (Å²) in [5.41, 5.74) is 1.40. The van der Waals surface area contributed by atoms with Crippen molar-refractivity contribution in [3.63, 3.8) is 0 Å². The molecule has 0 unspecified atom stereocenters. The summed E-state index contributed by atoms with van der Waals surface area (Å²) in [7, 11) is 0. The fraction of sp³-hybridized carbons (Fsp3) is 0.412. The zero-order chi connectivity index (χ0) is 18.3. The molecule has 2 aliphatic rings. The van der Waals surface area contributed by atoms with Gasteiger partial charge in [-0.05, 0) is 13.0 Å². The molecule has 9 heteroatoms. The number of hydrogen-bond acceptors (Lipinski definition) is 7. The zero-order valence-corrected chi connectivity index (χ0v) is 15.0. The Kier molecular flexibility index (Phi) is 4.14. The number of hydrogen-bond donors (Lipinski definition) is 1. The Hall–Kier alpha value is -2.48. The number of nitrogens with zero attached hydrogens (tertiary/aromatic N) is 5. The molecule has 0 amide bonds. The third kappa shape index (κ3) is 2.74. The molecule has 7 nitrogen and oxygen atoms in total. The number of ether oxygens (including phenoxy) is 1. The van der Waals surface area contributed by atoms with Gasteiger partial charge in [0.05, 0.1) is 29.7 Å². The smallest absolute Gasteiger partial charge is 0.235 e. The highest BCUT2D eigenvalue weighted by atomic mass is 35.5. The van der Waals surface area contributed by atoms with Crippen LogP contribution in [0.4, 0.5) is 15.9 Å². The van der Waals surface area contributed by atoms with Crippen molar-refractivity contribution in [2.24, 2.45) is 0 Å². The summed E-state index contributed by atoms with van der Waals surface area (Å²) < 4.78 is 20.1. The Morgan fingerprint density at radius 3 is 3.12 bits per heavy atom. The molecule has 0 aliphatic carbocycles. The van der Waals surface area contributed by atoms with E-state index in [-0.39, 0.29) is 11.3 Å². The number of rotatable bonds is 4. The van der Waals surface area contributed by atoms with Crippen LogP contribution in [0, 0.1) is 6.92 Å². The molecule has 2 aliphatic heterocycles.